The molecule has 0 saturated carbocycles. The molecule has 38 heavy (non-hydrogen) atoms. The van der Waals surface area contributed by atoms with Crippen molar-refractivity contribution in [2.45, 2.75) is 13.2 Å². The topological polar surface area (TPSA) is 105 Å². The molecule has 4 rings (SSSR count). The second-order valence-corrected chi connectivity index (χ2v) is 8.95. The van der Waals surface area contributed by atoms with Gasteiger partial charge in [0, 0.05) is 30.6 Å². The molecule has 0 aliphatic carbocycles. The number of anilines is 2. The van der Waals surface area contributed by atoms with Crippen molar-refractivity contribution in [2.24, 2.45) is 0 Å². The highest BCUT2D eigenvalue weighted by molar-refractivity contribution is 6.32. The summed E-state index contributed by atoms with van der Waals surface area (Å²) in [6.45, 7) is 1.06. The average molecular weight is 537 g/mol. The second-order valence-electron chi connectivity index (χ2n) is 8.54. The predicted octanol–water partition coefficient (Wildman–Crippen LogP) is 4.98. The van der Waals surface area contributed by atoms with Gasteiger partial charge in [-0.1, -0.05) is 35.0 Å². The molecular weight excluding hydrogens is 511 g/mol. The molecule has 0 fully saturated rings. The van der Waals surface area contributed by atoms with Crippen LogP contribution in [0.25, 0.3) is 11.3 Å². The van der Waals surface area contributed by atoms with Gasteiger partial charge in [0.2, 0.25) is 5.91 Å². The summed E-state index contributed by atoms with van der Waals surface area (Å²) in [5.74, 6) is 0.822. The maximum atomic E-state index is 13.4. The van der Waals surface area contributed by atoms with Gasteiger partial charge in [0.05, 0.1) is 17.1 Å². The fourth-order valence-corrected chi connectivity index (χ4v) is 3.59. The number of likely N-dealkylation sites (N-methyl/N-ethyl adjacent to an activating group) is 1. The van der Waals surface area contributed by atoms with Crippen LogP contribution < -0.4 is 15.4 Å². The fourth-order valence-electron chi connectivity index (χ4n) is 3.36. The lowest BCUT2D eigenvalue weighted by atomic mass is 10.2. The third-order valence-corrected chi connectivity index (χ3v) is 5.49. The highest BCUT2D eigenvalue weighted by Crippen LogP contribution is 2.32. The second kappa shape index (κ2) is 12.8. The minimum absolute atomic E-state index is 0.182. The Morgan fingerprint density at radius 1 is 1.21 bits per heavy atom. The highest BCUT2D eigenvalue weighted by Gasteiger charge is 2.14. The maximum absolute atomic E-state index is 13.4. The summed E-state index contributed by atoms with van der Waals surface area (Å²) in [6, 6.07) is 13.1. The van der Waals surface area contributed by atoms with E-state index in [4.69, 9.17) is 20.9 Å². The van der Waals surface area contributed by atoms with Gasteiger partial charge in [-0.2, -0.15) is 0 Å². The van der Waals surface area contributed by atoms with Crippen LogP contribution in [0.4, 0.5) is 15.9 Å². The number of hydrogen-bond donors (Lipinski definition) is 2. The van der Waals surface area contributed by atoms with Gasteiger partial charge < -0.3 is 24.8 Å². The first-order valence-electron chi connectivity index (χ1n) is 11.7. The molecule has 2 N–H and O–H groups in total. The van der Waals surface area contributed by atoms with Crippen molar-refractivity contribution in [2.75, 3.05) is 26.0 Å². The molecule has 9 nitrogen and oxygen atoms in total. The molecule has 0 radical (unpaired) electrons. The molecule has 4 aromatic rings. The largest absolute Gasteiger partial charge is 0.487 e. The van der Waals surface area contributed by atoms with E-state index in [2.05, 4.69) is 25.8 Å². The van der Waals surface area contributed by atoms with E-state index in [-0.39, 0.29) is 24.9 Å². The normalized spacial score (nSPS) is 11.2. The maximum Gasteiger partial charge on any atom is 0.244 e. The van der Waals surface area contributed by atoms with Gasteiger partial charge >= 0.3 is 0 Å². The third-order valence-electron chi connectivity index (χ3n) is 5.20. The smallest absolute Gasteiger partial charge is 0.244 e. The zero-order valence-electron chi connectivity index (χ0n) is 20.8. The van der Waals surface area contributed by atoms with Crippen LogP contribution in [-0.2, 0) is 17.9 Å². The van der Waals surface area contributed by atoms with Crippen molar-refractivity contribution in [1.29, 1.82) is 0 Å². The van der Waals surface area contributed by atoms with Crippen LogP contribution in [0.5, 0.6) is 5.75 Å². The number of nitrogens with one attached hydrogen (secondary N) is 2. The molecule has 0 aliphatic heterocycles. The van der Waals surface area contributed by atoms with Crippen molar-refractivity contribution < 1.29 is 18.4 Å². The van der Waals surface area contributed by atoms with Crippen LogP contribution in [-0.4, -0.2) is 46.6 Å². The number of rotatable bonds is 11. The Bertz CT molecular complexity index is 1430. The summed E-state index contributed by atoms with van der Waals surface area (Å²) in [7, 11) is 3.84. The minimum atomic E-state index is -0.325. The Balaban J connectivity index is 1.40. The van der Waals surface area contributed by atoms with E-state index in [1.54, 1.807) is 48.7 Å². The van der Waals surface area contributed by atoms with Crippen molar-refractivity contribution in [3.63, 3.8) is 0 Å². The molecule has 2 aromatic carbocycles. The number of benzene rings is 2. The van der Waals surface area contributed by atoms with Crippen molar-refractivity contribution in [3.05, 3.63) is 95.3 Å². The molecule has 1 amide bonds. The molecule has 2 aromatic heterocycles. The van der Waals surface area contributed by atoms with E-state index in [1.807, 2.05) is 19.0 Å². The summed E-state index contributed by atoms with van der Waals surface area (Å²) in [4.78, 5) is 22.3. The lowest BCUT2D eigenvalue weighted by Gasteiger charge is -2.12. The van der Waals surface area contributed by atoms with E-state index in [9.17, 15) is 9.18 Å². The van der Waals surface area contributed by atoms with Gasteiger partial charge in [-0.05, 0) is 50.0 Å². The molecule has 0 saturated heterocycles. The lowest BCUT2D eigenvalue weighted by Crippen LogP contribution is -2.21. The van der Waals surface area contributed by atoms with Gasteiger partial charge in [0.15, 0.2) is 5.76 Å². The van der Waals surface area contributed by atoms with Crippen LogP contribution in [0.2, 0.25) is 5.02 Å². The monoisotopic (exact) mass is 536 g/mol. The van der Waals surface area contributed by atoms with Gasteiger partial charge in [0.25, 0.3) is 0 Å². The van der Waals surface area contributed by atoms with Gasteiger partial charge in [0.1, 0.15) is 36.0 Å². The number of halogens is 2. The van der Waals surface area contributed by atoms with Crippen molar-refractivity contribution >= 4 is 29.0 Å². The van der Waals surface area contributed by atoms with E-state index >= 15 is 0 Å². The van der Waals surface area contributed by atoms with E-state index < -0.39 is 0 Å². The third kappa shape index (κ3) is 7.61. The van der Waals surface area contributed by atoms with Crippen LogP contribution in [0, 0.1) is 5.82 Å². The molecule has 0 spiro atoms. The first kappa shape index (κ1) is 26.8. The van der Waals surface area contributed by atoms with E-state index in [1.165, 1.54) is 24.5 Å². The number of amides is 1. The molecule has 0 bridgehead atoms. The first-order chi connectivity index (χ1) is 18.4. The molecule has 0 unspecified atom stereocenters. The Morgan fingerprint density at radius 2 is 2.08 bits per heavy atom. The summed E-state index contributed by atoms with van der Waals surface area (Å²) in [6.07, 6.45) is 6.26. The minimum Gasteiger partial charge on any atom is -0.487 e. The van der Waals surface area contributed by atoms with Crippen LogP contribution in [0.1, 0.15) is 11.3 Å². The Labute approximate surface area is 224 Å². The Kier molecular flexibility index (Phi) is 9.02. The van der Waals surface area contributed by atoms with Crippen molar-refractivity contribution in [1.82, 2.24) is 25.3 Å². The quantitative estimate of drug-likeness (QED) is 0.259. The summed E-state index contributed by atoms with van der Waals surface area (Å²) < 4.78 is 24.6. The predicted molar refractivity (Wildman–Crippen MR) is 143 cm³/mol. The zero-order chi connectivity index (χ0) is 26.9. The fraction of sp³-hybridized carbons (Fsp3) is 0.185. The number of aromatic nitrogens is 3. The Morgan fingerprint density at radius 3 is 2.87 bits per heavy atom. The molecule has 2 heterocycles. The van der Waals surface area contributed by atoms with E-state index in [0.29, 0.717) is 51.4 Å². The van der Waals surface area contributed by atoms with E-state index in [0.717, 1.165) is 0 Å². The highest BCUT2D eigenvalue weighted by atomic mass is 35.5. The molecule has 11 heteroatoms. The number of carbonyl (C=O) groups excluding carboxylic acids is 1. The van der Waals surface area contributed by atoms with Gasteiger partial charge in [-0.25, -0.2) is 14.4 Å². The molecule has 196 valence electrons. The SMILES string of the molecule is CN(C)C/C=C/C(=O)NCc1cc(-c2cncnc2Nc2ccc(OCc3cccc(F)c3)c(Cl)c2)on1. The summed E-state index contributed by atoms with van der Waals surface area (Å²) in [5.41, 5.74) is 2.48. The number of ether oxygens (including phenoxy) is 1. The number of nitrogens with zero attached hydrogens (tertiary/aromatic N) is 4. The van der Waals surface area contributed by atoms with Gasteiger partial charge in [-0.15, -0.1) is 0 Å². The molecular formula is C27H26ClFN6O3. The van der Waals surface area contributed by atoms with Gasteiger partial charge in [-0.3, -0.25) is 4.79 Å². The summed E-state index contributed by atoms with van der Waals surface area (Å²) >= 11 is 6.42. The summed E-state index contributed by atoms with van der Waals surface area (Å²) in [5, 5.41) is 10.4. The van der Waals surface area contributed by atoms with Crippen LogP contribution in [0.3, 0.4) is 0 Å². The Hall–Kier alpha value is -4.28. The van der Waals surface area contributed by atoms with Crippen LogP contribution >= 0.6 is 11.6 Å². The molecule has 0 atom stereocenters. The lowest BCUT2D eigenvalue weighted by molar-refractivity contribution is -0.116. The van der Waals surface area contributed by atoms with Crippen LogP contribution in [0.15, 0.2) is 77.7 Å². The standard InChI is InChI=1S/C27H26ClFN6O3/c1-35(2)10-4-7-26(36)31-14-21-13-25(38-34-21)22-15-30-17-32-27(22)33-20-8-9-24(23(28)12-20)37-16-18-5-3-6-19(29)11-18/h3-9,11-13,15,17H,10,14,16H2,1-2H3,(H,31,36)(H,30,32,33)/b7-4+. The number of carbonyl (C=O) groups is 1. The molecule has 0 aliphatic rings. The average Bonchev–Trinajstić information content (AvgIpc) is 3.36. The zero-order valence-corrected chi connectivity index (χ0v) is 21.6. The number of hydrogen-bond acceptors (Lipinski definition) is 8. The van der Waals surface area contributed by atoms with Crippen molar-refractivity contribution in [3.8, 4) is 17.1 Å². The first-order valence-corrected chi connectivity index (χ1v) is 12.0.